The van der Waals surface area contributed by atoms with Gasteiger partial charge in [0.1, 0.15) is 23.9 Å². The van der Waals surface area contributed by atoms with Gasteiger partial charge in [-0.2, -0.15) is 0 Å². The van der Waals surface area contributed by atoms with Crippen LogP contribution in [0.5, 0.6) is 5.75 Å². The molecule has 2 aromatic carbocycles. The zero-order valence-corrected chi connectivity index (χ0v) is 17.3. The van der Waals surface area contributed by atoms with E-state index in [0.717, 1.165) is 5.56 Å². The van der Waals surface area contributed by atoms with E-state index in [1.54, 1.807) is 18.2 Å². The Hall–Kier alpha value is -2.92. The van der Waals surface area contributed by atoms with Gasteiger partial charge in [-0.15, -0.1) is 18.3 Å². The van der Waals surface area contributed by atoms with Crippen molar-refractivity contribution in [1.82, 2.24) is 4.90 Å². The van der Waals surface area contributed by atoms with E-state index in [-0.39, 0.29) is 29.6 Å². The fourth-order valence-corrected chi connectivity index (χ4v) is 4.05. The summed E-state index contributed by atoms with van der Waals surface area (Å²) >= 11 is 0. The van der Waals surface area contributed by atoms with Crippen molar-refractivity contribution in [3.05, 3.63) is 47.8 Å². The molecule has 2 heterocycles. The molecule has 11 heteroatoms. The number of morpholine rings is 1. The molecule has 3 N–H and O–H groups in total. The summed E-state index contributed by atoms with van der Waals surface area (Å²) in [7, 11) is 0. The van der Waals surface area contributed by atoms with Gasteiger partial charge in [-0.3, -0.25) is 4.90 Å². The first-order chi connectivity index (χ1) is 15.2. The topological polar surface area (TPSA) is 84.5 Å². The number of para-hydroxylation sites is 1. The van der Waals surface area contributed by atoms with Gasteiger partial charge in [0.25, 0.3) is 0 Å². The van der Waals surface area contributed by atoms with Gasteiger partial charge in [-0.05, 0) is 25.1 Å². The number of nitrogens with one attached hydrogen (secondary N) is 1. The van der Waals surface area contributed by atoms with Crippen molar-refractivity contribution < 1.29 is 27.0 Å². The first-order valence-electron chi connectivity index (χ1n) is 10.1. The second-order valence-corrected chi connectivity index (χ2v) is 7.77. The van der Waals surface area contributed by atoms with Crippen LogP contribution in [0.2, 0.25) is 0 Å². The van der Waals surface area contributed by atoms with Gasteiger partial charge < -0.3 is 20.5 Å². The molecule has 0 saturated carbocycles. The van der Waals surface area contributed by atoms with Crippen molar-refractivity contribution in [2.75, 3.05) is 37.4 Å². The van der Waals surface area contributed by atoms with Crippen molar-refractivity contribution in [3.8, 4) is 5.75 Å². The van der Waals surface area contributed by atoms with Crippen LogP contribution in [0.1, 0.15) is 18.5 Å². The molecule has 0 spiro atoms. The SMILES string of the molecule is CC1CN(C2COc3cc(F)ccc3C2Nc2cccc(N=NC(F)(F)F)c2N)CCO1. The molecule has 3 unspecified atom stereocenters. The number of ether oxygens (including phenoxy) is 2. The number of benzene rings is 2. The average Bonchev–Trinajstić information content (AvgIpc) is 2.73. The zero-order valence-electron chi connectivity index (χ0n) is 17.3. The third-order valence-electron chi connectivity index (χ3n) is 5.51. The van der Waals surface area contributed by atoms with Crippen LogP contribution in [-0.4, -0.2) is 49.6 Å². The summed E-state index contributed by atoms with van der Waals surface area (Å²) in [5.41, 5.74) is 7.17. The minimum Gasteiger partial charge on any atom is -0.491 e. The molecule has 0 amide bonds. The molecule has 0 bridgehead atoms. The number of nitrogens with two attached hydrogens (primary N) is 1. The minimum absolute atomic E-state index is 0.0322. The maximum absolute atomic E-state index is 13.8. The number of fused-ring (bicyclic) bond motifs is 1. The second-order valence-electron chi connectivity index (χ2n) is 7.77. The van der Waals surface area contributed by atoms with Gasteiger partial charge in [-0.1, -0.05) is 17.2 Å². The van der Waals surface area contributed by atoms with Crippen molar-refractivity contribution in [2.24, 2.45) is 10.2 Å². The van der Waals surface area contributed by atoms with Gasteiger partial charge in [0, 0.05) is 24.7 Å². The van der Waals surface area contributed by atoms with Crippen LogP contribution < -0.4 is 15.8 Å². The van der Waals surface area contributed by atoms with Crippen LogP contribution in [0.3, 0.4) is 0 Å². The number of nitrogens with zero attached hydrogens (tertiary/aromatic N) is 3. The van der Waals surface area contributed by atoms with Crippen LogP contribution in [-0.2, 0) is 4.74 Å². The number of nitrogen functional groups attached to an aromatic ring is 1. The van der Waals surface area contributed by atoms with Crippen LogP contribution in [0.4, 0.5) is 34.6 Å². The van der Waals surface area contributed by atoms with Crippen LogP contribution in [0, 0.1) is 5.82 Å². The molecule has 0 radical (unpaired) electrons. The number of alkyl halides is 3. The van der Waals surface area contributed by atoms with E-state index in [0.29, 0.717) is 37.7 Å². The predicted molar refractivity (Wildman–Crippen MR) is 110 cm³/mol. The van der Waals surface area contributed by atoms with E-state index in [4.69, 9.17) is 15.2 Å². The average molecular weight is 453 g/mol. The van der Waals surface area contributed by atoms with E-state index in [9.17, 15) is 17.6 Å². The monoisotopic (exact) mass is 453 g/mol. The molecule has 4 rings (SSSR count). The van der Waals surface area contributed by atoms with E-state index < -0.39 is 12.1 Å². The molecular weight excluding hydrogens is 430 g/mol. The second kappa shape index (κ2) is 8.91. The smallest absolute Gasteiger partial charge is 0.491 e. The normalized spacial score (nSPS) is 24.2. The standard InChI is InChI=1S/C21H23F4N5O2/c1-12-10-30(7-8-31-12)17-11-32-18-9-13(22)5-6-14(18)20(17)27-15-3-2-4-16(19(15)26)28-29-21(23,24)25/h2-6,9,12,17,20,27H,7-8,10-11,26H2,1H3. The molecule has 1 saturated heterocycles. The van der Waals surface area contributed by atoms with Crippen LogP contribution in [0.15, 0.2) is 46.6 Å². The summed E-state index contributed by atoms with van der Waals surface area (Å²) in [4.78, 5) is 2.22. The molecule has 0 aliphatic carbocycles. The lowest BCUT2D eigenvalue weighted by atomic mass is 9.93. The Labute approximate surface area is 182 Å². The van der Waals surface area contributed by atoms with Crippen molar-refractivity contribution in [1.29, 1.82) is 0 Å². The van der Waals surface area contributed by atoms with Crippen LogP contribution in [0.25, 0.3) is 0 Å². The van der Waals surface area contributed by atoms with Crippen LogP contribution >= 0.6 is 0 Å². The summed E-state index contributed by atoms with van der Waals surface area (Å²) in [6.45, 7) is 4.21. The van der Waals surface area contributed by atoms with Gasteiger partial charge in [0.05, 0.1) is 36.2 Å². The molecule has 2 aromatic rings. The highest BCUT2D eigenvalue weighted by molar-refractivity contribution is 5.78. The first-order valence-corrected chi connectivity index (χ1v) is 10.1. The maximum atomic E-state index is 13.8. The lowest BCUT2D eigenvalue weighted by molar-refractivity contribution is -0.125. The number of hydrogen-bond donors (Lipinski definition) is 2. The molecule has 32 heavy (non-hydrogen) atoms. The van der Waals surface area contributed by atoms with Gasteiger partial charge in [-0.25, -0.2) is 4.39 Å². The molecular formula is C21H23F4N5O2. The lowest BCUT2D eigenvalue weighted by Crippen LogP contribution is -2.54. The van der Waals surface area contributed by atoms with Crippen molar-refractivity contribution in [2.45, 2.75) is 31.4 Å². The van der Waals surface area contributed by atoms with E-state index in [1.807, 2.05) is 6.92 Å². The Morgan fingerprint density at radius 1 is 1.22 bits per heavy atom. The van der Waals surface area contributed by atoms with Crippen molar-refractivity contribution >= 4 is 17.1 Å². The zero-order chi connectivity index (χ0) is 22.9. The maximum Gasteiger partial charge on any atom is 0.521 e. The number of azo groups is 1. The Bertz CT molecular complexity index is 1000. The fraction of sp³-hybridized carbons (Fsp3) is 0.429. The molecule has 0 aromatic heterocycles. The highest BCUT2D eigenvalue weighted by atomic mass is 19.4. The van der Waals surface area contributed by atoms with Crippen molar-refractivity contribution in [3.63, 3.8) is 0 Å². The summed E-state index contributed by atoms with van der Waals surface area (Å²) in [5, 5.41) is 8.92. The Balaban J connectivity index is 1.68. The quantitative estimate of drug-likeness (QED) is 0.305. The third kappa shape index (κ3) is 4.94. The molecule has 2 aliphatic heterocycles. The third-order valence-corrected chi connectivity index (χ3v) is 5.51. The number of halogens is 4. The molecule has 7 nitrogen and oxygen atoms in total. The van der Waals surface area contributed by atoms with Gasteiger partial charge in [0.2, 0.25) is 0 Å². The Morgan fingerprint density at radius 2 is 2.03 bits per heavy atom. The highest BCUT2D eigenvalue weighted by Gasteiger charge is 2.37. The number of hydrogen-bond acceptors (Lipinski definition) is 7. The fourth-order valence-electron chi connectivity index (χ4n) is 4.05. The summed E-state index contributed by atoms with van der Waals surface area (Å²) in [6.07, 6.45) is -4.76. The molecule has 2 aliphatic rings. The van der Waals surface area contributed by atoms with E-state index in [2.05, 4.69) is 20.4 Å². The first kappa shape index (κ1) is 22.3. The molecule has 172 valence electrons. The largest absolute Gasteiger partial charge is 0.521 e. The Kier molecular flexibility index (Phi) is 6.20. The van der Waals surface area contributed by atoms with E-state index in [1.165, 1.54) is 18.2 Å². The number of rotatable bonds is 4. The predicted octanol–water partition coefficient (Wildman–Crippen LogP) is 4.65. The summed E-state index contributed by atoms with van der Waals surface area (Å²) in [6, 6.07) is 8.35. The molecule has 3 atom stereocenters. The van der Waals surface area contributed by atoms with E-state index >= 15 is 0 Å². The number of anilines is 2. The van der Waals surface area contributed by atoms with Gasteiger partial charge in [0.15, 0.2) is 0 Å². The highest BCUT2D eigenvalue weighted by Crippen LogP contribution is 2.40. The minimum atomic E-state index is -4.79. The van der Waals surface area contributed by atoms with Gasteiger partial charge >= 0.3 is 6.30 Å². The summed E-state index contributed by atoms with van der Waals surface area (Å²) in [5.74, 6) is -0.0124. The molecule has 1 fully saturated rings. The lowest BCUT2D eigenvalue weighted by Gasteiger charge is -2.44. The Morgan fingerprint density at radius 3 is 2.78 bits per heavy atom. The summed E-state index contributed by atoms with van der Waals surface area (Å²) < 4.78 is 62.6.